The van der Waals surface area contributed by atoms with Gasteiger partial charge in [-0.2, -0.15) is 4.31 Å². The number of benzene rings is 2. The second-order valence-electron chi connectivity index (χ2n) is 7.31. The number of methoxy groups -OCH3 is 1. The van der Waals surface area contributed by atoms with Gasteiger partial charge in [0, 0.05) is 13.1 Å². The normalized spacial score (nSPS) is 14.6. The van der Waals surface area contributed by atoms with Gasteiger partial charge in [0.15, 0.2) is 6.61 Å². The maximum Gasteiger partial charge on any atom is 0.338 e. The lowest BCUT2D eigenvalue weighted by Gasteiger charge is -2.26. The van der Waals surface area contributed by atoms with Crippen molar-refractivity contribution < 1.29 is 32.6 Å². The Morgan fingerprint density at radius 1 is 1.06 bits per heavy atom. The molecule has 10 heteroatoms. The van der Waals surface area contributed by atoms with Crippen LogP contribution in [0, 0.1) is 0 Å². The molecule has 172 valence electrons. The molecule has 9 nitrogen and oxygen atoms in total. The van der Waals surface area contributed by atoms with Gasteiger partial charge in [0.2, 0.25) is 10.0 Å². The molecule has 1 fully saturated rings. The highest BCUT2D eigenvalue weighted by molar-refractivity contribution is 7.89. The Morgan fingerprint density at radius 2 is 1.75 bits per heavy atom. The molecule has 1 saturated heterocycles. The molecule has 0 atom stereocenters. The Kier molecular flexibility index (Phi) is 7.84. The number of sulfonamides is 1. The van der Waals surface area contributed by atoms with Crippen molar-refractivity contribution in [3.8, 4) is 5.75 Å². The third kappa shape index (κ3) is 5.64. The first-order valence-corrected chi connectivity index (χ1v) is 11.6. The molecular formula is C22H26N2O7S. The van der Waals surface area contributed by atoms with Crippen molar-refractivity contribution >= 4 is 27.6 Å². The summed E-state index contributed by atoms with van der Waals surface area (Å²) in [5.41, 5.74) is 1.05. The highest BCUT2D eigenvalue weighted by Crippen LogP contribution is 2.30. The molecule has 0 aromatic heterocycles. The van der Waals surface area contributed by atoms with Gasteiger partial charge in [-0.3, -0.25) is 4.79 Å². The summed E-state index contributed by atoms with van der Waals surface area (Å²) in [6.45, 7) is 0.218. The minimum atomic E-state index is -3.69. The van der Waals surface area contributed by atoms with E-state index in [1.54, 1.807) is 12.1 Å². The van der Waals surface area contributed by atoms with E-state index >= 15 is 0 Å². The molecule has 0 aliphatic carbocycles. The highest BCUT2D eigenvalue weighted by atomic mass is 32.2. The fraction of sp³-hybridized carbons (Fsp3) is 0.364. The lowest BCUT2D eigenvalue weighted by atomic mass is 10.1. The zero-order chi connectivity index (χ0) is 23.1. The van der Waals surface area contributed by atoms with Gasteiger partial charge in [-0.25, -0.2) is 13.2 Å². The summed E-state index contributed by atoms with van der Waals surface area (Å²) >= 11 is 0. The number of nitrogens with one attached hydrogen (secondary N) is 1. The third-order valence-corrected chi connectivity index (χ3v) is 7.00. The summed E-state index contributed by atoms with van der Waals surface area (Å²) in [7, 11) is -2.29. The van der Waals surface area contributed by atoms with Crippen LogP contribution >= 0.6 is 0 Å². The minimum absolute atomic E-state index is 0.0523. The van der Waals surface area contributed by atoms with Crippen molar-refractivity contribution in [1.29, 1.82) is 0 Å². The first-order valence-electron chi connectivity index (χ1n) is 10.2. The third-order valence-electron chi connectivity index (χ3n) is 5.10. The Morgan fingerprint density at radius 3 is 2.38 bits per heavy atom. The van der Waals surface area contributed by atoms with Gasteiger partial charge < -0.3 is 19.9 Å². The van der Waals surface area contributed by atoms with E-state index in [1.807, 2.05) is 0 Å². The van der Waals surface area contributed by atoms with Crippen LogP contribution in [0.1, 0.15) is 35.2 Å². The second kappa shape index (κ2) is 10.6. The van der Waals surface area contributed by atoms with Gasteiger partial charge >= 0.3 is 5.97 Å². The predicted molar refractivity (Wildman–Crippen MR) is 117 cm³/mol. The summed E-state index contributed by atoms with van der Waals surface area (Å²) in [6.07, 6.45) is 2.63. The van der Waals surface area contributed by atoms with Crippen LogP contribution in [0.3, 0.4) is 0 Å². The lowest BCUT2D eigenvalue weighted by molar-refractivity contribution is -0.119. The second-order valence-corrected chi connectivity index (χ2v) is 9.24. The number of nitrogens with zero attached hydrogens (tertiary/aromatic N) is 1. The first kappa shape index (κ1) is 23.7. The van der Waals surface area contributed by atoms with Gasteiger partial charge in [-0.05, 0) is 48.7 Å². The summed E-state index contributed by atoms with van der Waals surface area (Å²) in [4.78, 5) is 24.5. The maximum atomic E-state index is 12.9. The Bertz CT molecular complexity index is 1060. The summed E-state index contributed by atoms with van der Waals surface area (Å²) < 4.78 is 37.5. The largest absolute Gasteiger partial charge is 0.495 e. The van der Waals surface area contributed by atoms with E-state index in [1.165, 1.54) is 41.7 Å². The van der Waals surface area contributed by atoms with Crippen LogP contribution in [-0.4, -0.2) is 56.5 Å². The number of aliphatic hydroxyl groups is 1. The van der Waals surface area contributed by atoms with Crippen LogP contribution in [-0.2, 0) is 26.2 Å². The van der Waals surface area contributed by atoms with E-state index in [4.69, 9.17) is 14.6 Å². The Hall–Kier alpha value is -2.95. The fourth-order valence-corrected chi connectivity index (χ4v) is 4.89. The molecule has 0 radical (unpaired) electrons. The number of carbonyl (C=O) groups excluding carboxylic acids is 2. The molecule has 2 aromatic carbocycles. The van der Waals surface area contributed by atoms with Crippen LogP contribution in [0.15, 0.2) is 47.4 Å². The van der Waals surface area contributed by atoms with Crippen LogP contribution in [0.5, 0.6) is 5.75 Å². The Labute approximate surface area is 187 Å². The number of rotatable bonds is 8. The average molecular weight is 463 g/mol. The molecule has 2 aromatic rings. The zero-order valence-corrected chi connectivity index (χ0v) is 18.6. The standard InChI is InChI=1S/C22H26N2O7S/c1-30-20-10-9-18(32(28,29)24-11-3-2-4-12-24)13-19(20)23-21(26)15-31-22(27)17-7-5-16(14-25)6-8-17/h5-10,13,25H,2-4,11-12,14-15H2,1H3,(H,23,26). The Balaban J connectivity index is 1.67. The number of ether oxygens (including phenoxy) is 2. The lowest BCUT2D eigenvalue weighted by Crippen LogP contribution is -2.35. The molecule has 0 bridgehead atoms. The smallest absolute Gasteiger partial charge is 0.338 e. The zero-order valence-electron chi connectivity index (χ0n) is 17.7. The molecule has 0 saturated carbocycles. The average Bonchev–Trinajstić information content (AvgIpc) is 2.83. The van der Waals surface area contributed by atoms with E-state index in [9.17, 15) is 18.0 Å². The number of piperidine rings is 1. The van der Waals surface area contributed by atoms with Crippen molar-refractivity contribution in [2.24, 2.45) is 0 Å². The molecule has 32 heavy (non-hydrogen) atoms. The van der Waals surface area contributed by atoms with Gasteiger partial charge in [0.1, 0.15) is 5.75 Å². The molecule has 1 amide bonds. The molecule has 1 aliphatic heterocycles. The van der Waals surface area contributed by atoms with Crippen LogP contribution in [0.2, 0.25) is 0 Å². The first-order chi connectivity index (χ1) is 15.3. The molecule has 0 spiro atoms. The summed E-state index contributed by atoms with van der Waals surface area (Å²) in [6, 6.07) is 10.4. The number of anilines is 1. The number of esters is 1. The van der Waals surface area contributed by atoms with Crippen LogP contribution in [0.25, 0.3) is 0 Å². The van der Waals surface area contributed by atoms with Crippen molar-refractivity contribution in [2.45, 2.75) is 30.8 Å². The number of aliphatic hydroxyl groups excluding tert-OH is 1. The van der Waals surface area contributed by atoms with Crippen molar-refractivity contribution in [1.82, 2.24) is 4.31 Å². The highest BCUT2D eigenvalue weighted by Gasteiger charge is 2.27. The van der Waals surface area contributed by atoms with Crippen molar-refractivity contribution in [3.05, 3.63) is 53.6 Å². The van der Waals surface area contributed by atoms with Crippen molar-refractivity contribution in [2.75, 3.05) is 32.1 Å². The van der Waals surface area contributed by atoms with E-state index in [2.05, 4.69) is 5.32 Å². The monoisotopic (exact) mass is 462 g/mol. The quantitative estimate of drug-likeness (QED) is 0.577. The summed E-state index contributed by atoms with van der Waals surface area (Å²) in [5, 5.41) is 11.6. The van der Waals surface area contributed by atoms with E-state index < -0.39 is 28.5 Å². The SMILES string of the molecule is COc1ccc(S(=O)(=O)N2CCCCC2)cc1NC(=O)COC(=O)c1ccc(CO)cc1. The number of hydrogen-bond donors (Lipinski definition) is 2. The minimum Gasteiger partial charge on any atom is -0.495 e. The molecule has 2 N–H and O–H groups in total. The molecule has 1 aliphatic rings. The van der Waals surface area contributed by atoms with E-state index in [0.717, 1.165) is 19.3 Å². The van der Waals surface area contributed by atoms with E-state index in [0.29, 0.717) is 18.7 Å². The number of amides is 1. The van der Waals surface area contributed by atoms with Gasteiger partial charge in [0.05, 0.1) is 29.9 Å². The maximum absolute atomic E-state index is 12.9. The fourth-order valence-electron chi connectivity index (χ4n) is 3.35. The molecule has 3 rings (SSSR count). The van der Waals surface area contributed by atoms with Crippen LogP contribution < -0.4 is 10.1 Å². The topological polar surface area (TPSA) is 122 Å². The predicted octanol–water partition coefficient (Wildman–Crippen LogP) is 2.16. The van der Waals surface area contributed by atoms with Gasteiger partial charge in [0.25, 0.3) is 5.91 Å². The van der Waals surface area contributed by atoms with Gasteiger partial charge in [-0.1, -0.05) is 18.6 Å². The molecule has 0 unspecified atom stereocenters. The van der Waals surface area contributed by atoms with Crippen LogP contribution in [0.4, 0.5) is 5.69 Å². The van der Waals surface area contributed by atoms with Crippen molar-refractivity contribution in [3.63, 3.8) is 0 Å². The number of hydrogen-bond acceptors (Lipinski definition) is 7. The van der Waals surface area contributed by atoms with Gasteiger partial charge in [-0.15, -0.1) is 0 Å². The molecule has 1 heterocycles. The number of carbonyl (C=O) groups is 2. The summed E-state index contributed by atoms with van der Waals surface area (Å²) in [5.74, 6) is -1.06. The molecular weight excluding hydrogens is 436 g/mol. The van der Waals surface area contributed by atoms with E-state index in [-0.39, 0.29) is 28.5 Å².